The number of carbonyl (C=O) groups is 1. The summed E-state index contributed by atoms with van der Waals surface area (Å²) in [7, 11) is 1.73. The highest BCUT2D eigenvalue weighted by molar-refractivity contribution is 7.71. The molecule has 0 saturated heterocycles. The van der Waals surface area contributed by atoms with Gasteiger partial charge in [0, 0.05) is 19.4 Å². The molecule has 1 amide bonds. The maximum atomic E-state index is 12.2. The van der Waals surface area contributed by atoms with Crippen molar-refractivity contribution in [1.29, 1.82) is 0 Å². The largest absolute Gasteiger partial charge is 0.312 e. The Kier molecular flexibility index (Phi) is 3.02. The van der Waals surface area contributed by atoms with Crippen molar-refractivity contribution in [3.63, 3.8) is 0 Å². The van der Waals surface area contributed by atoms with Crippen LogP contribution in [0, 0.1) is 4.77 Å². The maximum Gasteiger partial charge on any atom is 0.257 e. The zero-order valence-electron chi connectivity index (χ0n) is 10.8. The first kappa shape index (κ1) is 12.8. The topological polar surface area (TPSA) is 66.9 Å². The van der Waals surface area contributed by atoms with Crippen molar-refractivity contribution in [1.82, 2.24) is 9.55 Å². The number of aromatic nitrogens is 2. The van der Waals surface area contributed by atoms with Gasteiger partial charge in [0.05, 0.1) is 5.56 Å². The van der Waals surface area contributed by atoms with Crippen molar-refractivity contribution in [3.05, 3.63) is 56.6 Å². The molecule has 0 radical (unpaired) electrons. The number of rotatable bonds is 1. The van der Waals surface area contributed by atoms with Gasteiger partial charge in [-0.1, -0.05) is 30.3 Å². The van der Waals surface area contributed by atoms with Crippen LogP contribution < -0.4 is 10.9 Å². The molecular formula is C14H13N3O2S. The van der Waals surface area contributed by atoms with Gasteiger partial charge in [0.15, 0.2) is 4.77 Å². The smallest absolute Gasteiger partial charge is 0.257 e. The number of amides is 1. The molecule has 0 saturated carbocycles. The number of fused-ring (bicyclic) bond motifs is 1. The minimum absolute atomic E-state index is 0.109. The molecule has 0 bridgehead atoms. The second kappa shape index (κ2) is 4.72. The first-order valence-corrected chi connectivity index (χ1v) is 6.66. The first-order chi connectivity index (χ1) is 9.58. The molecule has 1 aliphatic rings. The van der Waals surface area contributed by atoms with Crippen molar-refractivity contribution >= 4 is 23.9 Å². The summed E-state index contributed by atoms with van der Waals surface area (Å²) in [5, 5.41) is 2.75. The molecule has 2 heterocycles. The fourth-order valence-electron chi connectivity index (χ4n) is 2.55. The Hall–Kier alpha value is -2.21. The molecule has 6 heteroatoms. The number of hydrogen-bond donors (Lipinski definition) is 2. The number of anilines is 1. The number of benzene rings is 1. The molecule has 1 atom stereocenters. The Balaban J connectivity index is 2.28. The summed E-state index contributed by atoms with van der Waals surface area (Å²) < 4.78 is 1.92. The van der Waals surface area contributed by atoms with Crippen LogP contribution in [0.2, 0.25) is 0 Å². The van der Waals surface area contributed by atoms with Crippen LogP contribution in [0.5, 0.6) is 0 Å². The fraction of sp³-hybridized carbons (Fsp3) is 0.214. The van der Waals surface area contributed by atoms with Crippen LogP contribution in [-0.4, -0.2) is 15.5 Å². The van der Waals surface area contributed by atoms with Gasteiger partial charge in [0.25, 0.3) is 5.56 Å². The minimum atomic E-state index is -0.245. The van der Waals surface area contributed by atoms with Gasteiger partial charge in [0.2, 0.25) is 5.91 Å². The van der Waals surface area contributed by atoms with Crippen LogP contribution in [0.15, 0.2) is 35.1 Å². The molecule has 102 valence electrons. The normalized spacial score (nSPS) is 17.4. The zero-order chi connectivity index (χ0) is 14.3. The fourth-order valence-corrected chi connectivity index (χ4v) is 2.74. The number of H-pyrrole nitrogens is 1. The van der Waals surface area contributed by atoms with Crippen LogP contribution in [0.3, 0.4) is 0 Å². The second-order valence-electron chi connectivity index (χ2n) is 4.80. The Morgan fingerprint density at radius 3 is 2.65 bits per heavy atom. The van der Waals surface area contributed by atoms with Gasteiger partial charge in [-0.3, -0.25) is 14.6 Å². The molecule has 5 nitrogen and oxygen atoms in total. The van der Waals surface area contributed by atoms with Gasteiger partial charge in [-0.25, -0.2) is 0 Å². The van der Waals surface area contributed by atoms with Crippen LogP contribution in [0.1, 0.15) is 23.5 Å². The van der Waals surface area contributed by atoms with Gasteiger partial charge < -0.3 is 9.88 Å². The average molecular weight is 287 g/mol. The molecule has 3 rings (SSSR count). The number of carbonyl (C=O) groups excluding carboxylic acids is 1. The lowest BCUT2D eigenvalue weighted by atomic mass is 9.87. The third-order valence-electron chi connectivity index (χ3n) is 3.56. The summed E-state index contributed by atoms with van der Waals surface area (Å²) >= 11 is 5.08. The van der Waals surface area contributed by atoms with E-state index in [0.29, 0.717) is 16.2 Å². The third kappa shape index (κ3) is 1.98. The number of aromatic amines is 1. The standard InChI is InChI=1S/C14H13N3O2S/c1-17-12-11(13(19)16-14(17)20)9(7-10(18)15-12)8-5-3-2-4-6-8/h2-6,9H,7H2,1H3,(H,15,18)(H,16,19,20). The van der Waals surface area contributed by atoms with Crippen LogP contribution in [0.4, 0.5) is 5.82 Å². The molecule has 0 fully saturated rings. The third-order valence-corrected chi connectivity index (χ3v) is 3.93. The van der Waals surface area contributed by atoms with Gasteiger partial charge in [-0.2, -0.15) is 0 Å². The monoisotopic (exact) mass is 287 g/mol. The summed E-state index contributed by atoms with van der Waals surface area (Å²) in [5.74, 6) is 0.135. The lowest BCUT2D eigenvalue weighted by Crippen LogP contribution is -2.33. The highest BCUT2D eigenvalue weighted by Gasteiger charge is 2.30. The van der Waals surface area contributed by atoms with Crippen LogP contribution in [0.25, 0.3) is 0 Å². The number of nitrogens with one attached hydrogen (secondary N) is 2. The molecule has 0 aliphatic carbocycles. The van der Waals surface area contributed by atoms with E-state index in [1.165, 1.54) is 0 Å². The molecule has 1 aromatic heterocycles. The predicted molar refractivity (Wildman–Crippen MR) is 78.4 cm³/mol. The maximum absolute atomic E-state index is 12.2. The van der Waals surface area contributed by atoms with Gasteiger partial charge in [-0.15, -0.1) is 0 Å². The first-order valence-electron chi connectivity index (χ1n) is 6.26. The van der Waals surface area contributed by atoms with E-state index in [0.717, 1.165) is 5.56 Å². The lowest BCUT2D eigenvalue weighted by Gasteiger charge is -2.26. The van der Waals surface area contributed by atoms with E-state index in [-0.39, 0.29) is 23.8 Å². The summed E-state index contributed by atoms with van der Waals surface area (Å²) in [6, 6.07) is 9.56. The quantitative estimate of drug-likeness (QED) is 0.787. The van der Waals surface area contributed by atoms with Crippen molar-refractivity contribution in [2.75, 3.05) is 5.32 Å². The van der Waals surface area contributed by atoms with Crippen molar-refractivity contribution < 1.29 is 4.79 Å². The van der Waals surface area contributed by atoms with Gasteiger partial charge >= 0.3 is 0 Å². The van der Waals surface area contributed by atoms with E-state index in [2.05, 4.69) is 10.3 Å². The molecule has 2 aromatic rings. The van der Waals surface area contributed by atoms with Crippen molar-refractivity contribution in [2.24, 2.45) is 7.05 Å². The molecular weight excluding hydrogens is 274 g/mol. The second-order valence-corrected chi connectivity index (χ2v) is 5.18. The molecule has 1 unspecified atom stereocenters. The summed E-state index contributed by atoms with van der Waals surface area (Å²) in [6.07, 6.45) is 0.261. The molecule has 1 aliphatic heterocycles. The molecule has 20 heavy (non-hydrogen) atoms. The van der Waals surface area contributed by atoms with Gasteiger partial charge in [-0.05, 0) is 17.8 Å². The van der Waals surface area contributed by atoms with Crippen molar-refractivity contribution in [2.45, 2.75) is 12.3 Å². The number of hydrogen-bond acceptors (Lipinski definition) is 3. The molecule has 2 N–H and O–H groups in total. The van der Waals surface area contributed by atoms with Crippen LogP contribution in [-0.2, 0) is 11.8 Å². The van der Waals surface area contributed by atoms with E-state index >= 15 is 0 Å². The number of nitrogens with zero attached hydrogens (tertiary/aromatic N) is 1. The van der Waals surface area contributed by atoms with Gasteiger partial charge in [0.1, 0.15) is 5.82 Å². The highest BCUT2D eigenvalue weighted by atomic mass is 32.1. The van der Waals surface area contributed by atoms with E-state index in [1.807, 2.05) is 30.3 Å². The summed E-state index contributed by atoms with van der Waals surface area (Å²) in [4.78, 5) is 26.8. The average Bonchev–Trinajstić information content (AvgIpc) is 2.45. The Labute approximate surface area is 120 Å². The molecule has 0 spiro atoms. The minimum Gasteiger partial charge on any atom is -0.312 e. The van der Waals surface area contributed by atoms with Crippen LogP contribution >= 0.6 is 12.2 Å². The molecule has 1 aromatic carbocycles. The summed E-state index contributed by atoms with van der Waals surface area (Å²) in [6.45, 7) is 0. The zero-order valence-corrected chi connectivity index (χ0v) is 11.7. The Morgan fingerprint density at radius 2 is 1.95 bits per heavy atom. The van der Waals surface area contributed by atoms with E-state index < -0.39 is 0 Å². The Morgan fingerprint density at radius 1 is 1.25 bits per heavy atom. The predicted octanol–water partition coefficient (Wildman–Crippen LogP) is 1.92. The Bertz CT molecular complexity index is 792. The SMILES string of the molecule is Cn1c2c(c(=O)[nH]c1=S)C(c1ccccc1)CC(=O)N2. The van der Waals surface area contributed by atoms with E-state index in [9.17, 15) is 9.59 Å². The highest BCUT2D eigenvalue weighted by Crippen LogP contribution is 2.34. The van der Waals surface area contributed by atoms with Crippen molar-refractivity contribution in [3.8, 4) is 0 Å². The van der Waals surface area contributed by atoms with E-state index in [1.54, 1.807) is 11.6 Å². The lowest BCUT2D eigenvalue weighted by molar-refractivity contribution is -0.116. The summed E-state index contributed by atoms with van der Waals surface area (Å²) in [5.41, 5.74) is 1.27. The van der Waals surface area contributed by atoms with E-state index in [4.69, 9.17) is 12.2 Å².